The number of nitrogens with zero attached hydrogens (tertiary/aromatic N) is 2. The SMILES string of the molecule is Cc1ccccc1Nc1nccnc1Nc1ccccc1. The summed E-state index contributed by atoms with van der Waals surface area (Å²) in [7, 11) is 0. The first-order valence-corrected chi connectivity index (χ1v) is 6.78. The molecule has 2 aromatic carbocycles. The first-order chi connectivity index (χ1) is 10.3. The summed E-state index contributed by atoms with van der Waals surface area (Å²) in [6.45, 7) is 2.06. The minimum absolute atomic E-state index is 0.701. The number of benzene rings is 2. The number of aryl methyl sites for hydroxylation is 1. The third-order valence-electron chi connectivity index (χ3n) is 3.13. The maximum Gasteiger partial charge on any atom is 0.173 e. The molecule has 1 aromatic heterocycles. The first-order valence-electron chi connectivity index (χ1n) is 6.78. The Balaban J connectivity index is 1.88. The number of para-hydroxylation sites is 2. The van der Waals surface area contributed by atoms with E-state index >= 15 is 0 Å². The summed E-state index contributed by atoms with van der Waals surface area (Å²) in [5.74, 6) is 1.41. The Hall–Kier alpha value is -2.88. The van der Waals surface area contributed by atoms with Gasteiger partial charge in [-0.1, -0.05) is 36.4 Å². The highest BCUT2D eigenvalue weighted by Crippen LogP contribution is 2.25. The minimum atomic E-state index is 0.701. The predicted octanol–water partition coefficient (Wildman–Crippen LogP) is 4.27. The Morgan fingerprint density at radius 3 is 2.05 bits per heavy atom. The summed E-state index contributed by atoms with van der Waals surface area (Å²) >= 11 is 0. The van der Waals surface area contributed by atoms with Crippen molar-refractivity contribution in [3.05, 3.63) is 72.6 Å². The molecule has 0 spiro atoms. The van der Waals surface area contributed by atoms with Crippen molar-refractivity contribution in [3.8, 4) is 0 Å². The lowest BCUT2D eigenvalue weighted by Gasteiger charge is -2.13. The average Bonchev–Trinajstić information content (AvgIpc) is 2.52. The molecule has 0 amide bonds. The van der Waals surface area contributed by atoms with Gasteiger partial charge in [-0.2, -0.15) is 0 Å². The molecule has 0 radical (unpaired) electrons. The van der Waals surface area contributed by atoms with E-state index in [1.807, 2.05) is 48.5 Å². The topological polar surface area (TPSA) is 49.8 Å². The third kappa shape index (κ3) is 3.17. The molecular weight excluding hydrogens is 260 g/mol. The third-order valence-corrected chi connectivity index (χ3v) is 3.13. The second kappa shape index (κ2) is 6.05. The molecule has 0 atom stereocenters. The van der Waals surface area contributed by atoms with Crippen LogP contribution in [0.1, 0.15) is 5.56 Å². The van der Waals surface area contributed by atoms with Crippen LogP contribution in [0.3, 0.4) is 0 Å². The van der Waals surface area contributed by atoms with E-state index in [2.05, 4.69) is 33.6 Å². The minimum Gasteiger partial charge on any atom is -0.337 e. The Labute approximate surface area is 123 Å². The highest BCUT2D eigenvalue weighted by atomic mass is 15.1. The number of hydrogen-bond donors (Lipinski definition) is 2. The predicted molar refractivity (Wildman–Crippen MR) is 86.2 cm³/mol. The zero-order valence-corrected chi connectivity index (χ0v) is 11.7. The molecule has 0 bridgehead atoms. The van der Waals surface area contributed by atoms with Gasteiger partial charge in [0, 0.05) is 23.8 Å². The van der Waals surface area contributed by atoms with Crippen LogP contribution < -0.4 is 10.6 Å². The fourth-order valence-electron chi connectivity index (χ4n) is 2.02. The van der Waals surface area contributed by atoms with E-state index in [1.165, 1.54) is 0 Å². The smallest absolute Gasteiger partial charge is 0.173 e. The van der Waals surface area contributed by atoms with Crippen molar-refractivity contribution in [2.75, 3.05) is 10.6 Å². The Morgan fingerprint density at radius 1 is 0.714 bits per heavy atom. The van der Waals surface area contributed by atoms with Crippen LogP contribution >= 0.6 is 0 Å². The zero-order chi connectivity index (χ0) is 14.5. The second-order valence-electron chi connectivity index (χ2n) is 4.68. The molecule has 21 heavy (non-hydrogen) atoms. The molecule has 0 fully saturated rings. The largest absolute Gasteiger partial charge is 0.337 e. The summed E-state index contributed by atoms with van der Waals surface area (Å²) in [6.07, 6.45) is 3.35. The maximum atomic E-state index is 4.38. The van der Waals surface area contributed by atoms with Crippen LogP contribution in [0.25, 0.3) is 0 Å². The molecule has 0 aliphatic rings. The molecule has 3 rings (SSSR count). The number of nitrogens with one attached hydrogen (secondary N) is 2. The van der Waals surface area contributed by atoms with Crippen LogP contribution in [0.15, 0.2) is 67.0 Å². The fourth-order valence-corrected chi connectivity index (χ4v) is 2.02. The molecule has 104 valence electrons. The molecule has 4 heteroatoms. The van der Waals surface area contributed by atoms with Crippen molar-refractivity contribution in [1.82, 2.24) is 9.97 Å². The van der Waals surface area contributed by atoms with Gasteiger partial charge < -0.3 is 10.6 Å². The lowest BCUT2D eigenvalue weighted by molar-refractivity contribution is 1.19. The highest BCUT2D eigenvalue weighted by molar-refractivity contribution is 5.72. The fraction of sp³-hybridized carbons (Fsp3) is 0.0588. The van der Waals surface area contributed by atoms with Crippen LogP contribution in [-0.2, 0) is 0 Å². The molecule has 0 aliphatic heterocycles. The van der Waals surface area contributed by atoms with Crippen molar-refractivity contribution in [1.29, 1.82) is 0 Å². The van der Waals surface area contributed by atoms with Gasteiger partial charge in [0.15, 0.2) is 11.6 Å². The van der Waals surface area contributed by atoms with E-state index in [0.29, 0.717) is 11.6 Å². The van der Waals surface area contributed by atoms with Crippen molar-refractivity contribution >= 4 is 23.0 Å². The maximum absolute atomic E-state index is 4.38. The summed E-state index contributed by atoms with van der Waals surface area (Å²) in [5.41, 5.74) is 3.16. The average molecular weight is 276 g/mol. The van der Waals surface area contributed by atoms with Gasteiger partial charge in [0.1, 0.15) is 0 Å². The van der Waals surface area contributed by atoms with Gasteiger partial charge in [-0.05, 0) is 30.7 Å². The van der Waals surface area contributed by atoms with E-state index in [1.54, 1.807) is 12.4 Å². The van der Waals surface area contributed by atoms with Gasteiger partial charge in [-0.15, -0.1) is 0 Å². The molecule has 4 nitrogen and oxygen atoms in total. The Kier molecular flexibility index (Phi) is 3.78. The van der Waals surface area contributed by atoms with E-state index in [-0.39, 0.29) is 0 Å². The van der Waals surface area contributed by atoms with Crippen LogP contribution in [0.5, 0.6) is 0 Å². The lowest BCUT2D eigenvalue weighted by atomic mass is 10.2. The van der Waals surface area contributed by atoms with Crippen molar-refractivity contribution in [2.45, 2.75) is 6.92 Å². The van der Waals surface area contributed by atoms with Crippen LogP contribution in [0.4, 0.5) is 23.0 Å². The van der Waals surface area contributed by atoms with E-state index in [0.717, 1.165) is 16.9 Å². The van der Waals surface area contributed by atoms with E-state index < -0.39 is 0 Å². The molecular formula is C17H16N4. The summed E-state index contributed by atoms with van der Waals surface area (Å²) in [5, 5.41) is 6.60. The zero-order valence-electron chi connectivity index (χ0n) is 11.7. The number of anilines is 4. The standard InChI is InChI=1S/C17H16N4/c1-13-7-5-6-10-15(13)21-17-16(18-11-12-19-17)20-14-8-3-2-4-9-14/h2-12H,1H3,(H,18,20)(H,19,21). The van der Waals surface area contributed by atoms with Crippen molar-refractivity contribution < 1.29 is 0 Å². The lowest BCUT2D eigenvalue weighted by Crippen LogP contribution is -2.02. The monoisotopic (exact) mass is 276 g/mol. The normalized spacial score (nSPS) is 10.1. The van der Waals surface area contributed by atoms with Crippen LogP contribution in [-0.4, -0.2) is 9.97 Å². The Bertz CT molecular complexity index is 726. The molecule has 0 unspecified atom stereocenters. The number of hydrogen-bond acceptors (Lipinski definition) is 4. The van der Waals surface area contributed by atoms with Crippen LogP contribution in [0.2, 0.25) is 0 Å². The van der Waals surface area contributed by atoms with Crippen LogP contribution in [0, 0.1) is 6.92 Å². The molecule has 2 N–H and O–H groups in total. The molecule has 1 heterocycles. The van der Waals surface area contributed by atoms with Gasteiger partial charge in [-0.3, -0.25) is 0 Å². The molecule has 0 saturated heterocycles. The number of rotatable bonds is 4. The van der Waals surface area contributed by atoms with Gasteiger partial charge >= 0.3 is 0 Å². The second-order valence-corrected chi connectivity index (χ2v) is 4.68. The van der Waals surface area contributed by atoms with Gasteiger partial charge in [0.05, 0.1) is 0 Å². The van der Waals surface area contributed by atoms with Gasteiger partial charge in [0.2, 0.25) is 0 Å². The highest BCUT2D eigenvalue weighted by Gasteiger charge is 2.06. The van der Waals surface area contributed by atoms with Crippen molar-refractivity contribution in [2.24, 2.45) is 0 Å². The van der Waals surface area contributed by atoms with E-state index in [9.17, 15) is 0 Å². The van der Waals surface area contributed by atoms with E-state index in [4.69, 9.17) is 0 Å². The molecule has 0 saturated carbocycles. The summed E-state index contributed by atoms with van der Waals surface area (Å²) < 4.78 is 0. The summed E-state index contributed by atoms with van der Waals surface area (Å²) in [4.78, 5) is 8.74. The van der Waals surface area contributed by atoms with Gasteiger partial charge in [0.25, 0.3) is 0 Å². The number of aromatic nitrogens is 2. The van der Waals surface area contributed by atoms with Crippen molar-refractivity contribution in [3.63, 3.8) is 0 Å². The summed E-state index contributed by atoms with van der Waals surface area (Å²) in [6, 6.07) is 18.0. The molecule has 3 aromatic rings. The quantitative estimate of drug-likeness (QED) is 0.747. The Morgan fingerprint density at radius 2 is 1.33 bits per heavy atom. The van der Waals surface area contributed by atoms with Gasteiger partial charge in [-0.25, -0.2) is 9.97 Å². The molecule has 0 aliphatic carbocycles. The first kappa shape index (κ1) is 13.1.